The van der Waals surface area contributed by atoms with Gasteiger partial charge in [-0.15, -0.1) is 0 Å². The zero-order valence-corrected chi connectivity index (χ0v) is 12.4. The number of benzene rings is 1. The van der Waals surface area contributed by atoms with Crippen molar-refractivity contribution in [3.63, 3.8) is 0 Å². The van der Waals surface area contributed by atoms with E-state index in [2.05, 4.69) is 0 Å². The van der Waals surface area contributed by atoms with Gasteiger partial charge in [-0.05, 0) is 31.2 Å². The highest BCUT2D eigenvalue weighted by molar-refractivity contribution is 5.95. The summed E-state index contributed by atoms with van der Waals surface area (Å²) >= 11 is 0. The third kappa shape index (κ3) is 5.31. The molecule has 114 valence electrons. The second-order valence-corrected chi connectivity index (χ2v) is 5.39. The van der Waals surface area contributed by atoms with E-state index in [1.54, 1.807) is 0 Å². The quantitative estimate of drug-likeness (QED) is 0.573. The lowest BCUT2D eigenvalue weighted by Crippen LogP contribution is -2.36. The van der Waals surface area contributed by atoms with E-state index in [0.717, 1.165) is 31.2 Å². The molecule has 0 N–H and O–H groups in total. The zero-order valence-electron chi connectivity index (χ0n) is 12.4. The van der Waals surface area contributed by atoms with Gasteiger partial charge in [0.05, 0.1) is 6.61 Å². The fourth-order valence-electron chi connectivity index (χ4n) is 2.45. The number of imide groups is 1. The van der Waals surface area contributed by atoms with Gasteiger partial charge in [0.2, 0.25) is 11.8 Å². The van der Waals surface area contributed by atoms with E-state index in [1.807, 2.05) is 30.3 Å². The normalized spacial score (nSPS) is 16.1. The van der Waals surface area contributed by atoms with E-state index in [4.69, 9.17) is 4.74 Å². The number of hydrogen-bond acceptors (Lipinski definition) is 3. The van der Waals surface area contributed by atoms with Gasteiger partial charge < -0.3 is 4.74 Å². The number of unbranched alkanes of at least 4 members (excludes halogenated alkanes) is 1. The summed E-state index contributed by atoms with van der Waals surface area (Å²) in [6.45, 7) is 1.81. The summed E-state index contributed by atoms with van der Waals surface area (Å²) in [5, 5.41) is 0. The number of likely N-dealkylation sites (tertiary alicyclic amines) is 1. The SMILES string of the molecule is O=C1CCCCC(=O)N1CCCCOCc1ccccc1. The molecule has 0 spiro atoms. The number of hydrogen-bond donors (Lipinski definition) is 0. The summed E-state index contributed by atoms with van der Waals surface area (Å²) in [5.41, 5.74) is 1.16. The van der Waals surface area contributed by atoms with Crippen LogP contribution in [0, 0.1) is 0 Å². The fourth-order valence-corrected chi connectivity index (χ4v) is 2.45. The molecule has 0 aliphatic carbocycles. The first-order valence-corrected chi connectivity index (χ1v) is 7.72. The molecule has 1 heterocycles. The zero-order chi connectivity index (χ0) is 14.9. The maximum absolute atomic E-state index is 11.8. The van der Waals surface area contributed by atoms with Crippen LogP contribution in [0.4, 0.5) is 0 Å². The molecular weight excluding hydrogens is 266 g/mol. The van der Waals surface area contributed by atoms with Crippen LogP contribution in [0.5, 0.6) is 0 Å². The summed E-state index contributed by atoms with van der Waals surface area (Å²) in [6.07, 6.45) is 4.37. The van der Waals surface area contributed by atoms with Gasteiger partial charge in [-0.1, -0.05) is 30.3 Å². The summed E-state index contributed by atoms with van der Waals surface area (Å²) in [7, 11) is 0. The van der Waals surface area contributed by atoms with Crippen molar-refractivity contribution < 1.29 is 14.3 Å². The van der Waals surface area contributed by atoms with E-state index in [0.29, 0.717) is 32.6 Å². The lowest BCUT2D eigenvalue weighted by molar-refractivity contribution is -0.143. The Kier molecular flexibility index (Phi) is 6.41. The highest BCUT2D eigenvalue weighted by Gasteiger charge is 2.23. The first-order valence-electron chi connectivity index (χ1n) is 7.72. The second kappa shape index (κ2) is 8.57. The van der Waals surface area contributed by atoms with Crippen LogP contribution in [0.15, 0.2) is 30.3 Å². The third-order valence-corrected chi connectivity index (χ3v) is 3.67. The Balaban J connectivity index is 1.60. The predicted octanol–water partition coefficient (Wildman–Crippen LogP) is 2.91. The van der Waals surface area contributed by atoms with Gasteiger partial charge in [0, 0.05) is 26.0 Å². The van der Waals surface area contributed by atoms with Crippen molar-refractivity contribution in [3.8, 4) is 0 Å². The van der Waals surface area contributed by atoms with Crippen LogP contribution in [-0.2, 0) is 20.9 Å². The van der Waals surface area contributed by atoms with Crippen molar-refractivity contribution in [3.05, 3.63) is 35.9 Å². The smallest absolute Gasteiger partial charge is 0.229 e. The molecule has 0 atom stereocenters. The minimum absolute atomic E-state index is 0.0114. The van der Waals surface area contributed by atoms with Gasteiger partial charge in [0.1, 0.15) is 0 Å². The fraction of sp³-hybridized carbons (Fsp3) is 0.529. The Hall–Kier alpha value is -1.68. The number of nitrogens with zero attached hydrogens (tertiary/aromatic N) is 1. The molecule has 2 amide bonds. The topological polar surface area (TPSA) is 46.6 Å². The van der Waals surface area contributed by atoms with Crippen molar-refractivity contribution in [1.82, 2.24) is 4.90 Å². The number of amides is 2. The molecule has 0 unspecified atom stereocenters. The number of rotatable bonds is 7. The van der Waals surface area contributed by atoms with E-state index in [9.17, 15) is 9.59 Å². The molecule has 21 heavy (non-hydrogen) atoms. The summed E-state index contributed by atoms with van der Waals surface area (Å²) in [4.78, 5) is 25.0. The Bertz CT molecular complexity index is 440. The highest BCUT2D eigenvalue weighted by atomic mass is 16.5. The van der Waals surface area contributed by atoms with Gasteiger partial charge in [-0.2, -0.15) is 0 Å². The molecule has 1 saturated heterocycles. The Morgan fingerprint density at radius 2 is 1.62 bits per heavy atom. The van der Waals surface area contributed by atoms with Gasteiger partial charge in [0.15, 0.2) is 0 Å². The molecule has 0 aromatic heterocycles. The Morgan fingerprint density at radius 3 is 2.29 bits per heavy atom. The maximum Gasteiger partial charge on any atom is 0.229 e. The Morgan fingerprint density at radius 1 is 0.952 bits per heavy atom. The molecule has 1 aromatic carbocycles. The van der Waals surface area contributed by atoms with Gasteiger partial charge in [0.25, 0.3) is 0 Å². The molecule has 0 bridgehead atoms. The second-order valence-electron chi connectivity index (χ2n) is 5.39. The van der Waals surface area contributed by atoms with Crippen LogP contribution >= 0.6 is 0 Å². The van der Waals surface area contributed by atoms with Crippen molar-refractivity contribution in [2.24, 2.45) is 0 Å². The van der Waals surface area contributed by atoms with Gasteiger partial charge >= 0.3 is 0 Å². The van der Waals surface area contributed by atoms with Crippen LogP contribution < -0.4 is 0 Å². The van der Waals surface area contributed by atoms with Crippen molar-refractivity contribution in [2.75, 3.05) is 13.2 Å². The van der Waals surface area contributed by atoms with E-state index in [1.165, 1.54) is 4.90 Å². The first kappa shape index (κ1) is 15.7. The highest BCUT2D eigenvalue weighted by Crippen LogP contribution is 2.13. The molecule has 0 radical (unpaired) electrons. The van der Waals surface area contributed by atoms with Crippen molar-refractivity contribution >= 4 is 11.8 Å². The lowest BCUT2D eigenvalue weighted by atomic mass is 10.2. The van der Waals surface area contributed by atoms with Gasteiger partial charge in [-0.25, -0.2) is 0 Å². The average Bonchev–Trinajstić information content (AvgIpc) is 2.66. The molecule has 1 aromatic rings. The van der Waals surface area contributed by atoms with Crippen LogP contribution in [0.1, 0.15) is 44.1 Å². The molecule has 0 saturated carbocycles. The van der Waals surface area contributed by atoms with Crippen LogP contribution in [-0.4, -0.2) is 29.9 Å². The molecule has 4 nitrogen and oxygen atoms in total. The van der Waals surface area contributed by atoms with Crippen LogP contribution in [0.3, 0.4) is 0 Å². The molecule has 4 heteroatoms. The van der Waals surface area contributed by atoms with Crippen LogP contribution in [0.2, 0.25) is 0 Å². The molecule has 1 aliphatic rings. The number of ether oxygens (including phenoxy) is 1. The maximum atomic E-state index is 11.8. The summed E-state index contributed by atoms with van der Waals surface area (Å²) in [6, 6.07) is 10.0. The monoisotopic (exact) mass is 289 g/mol. The van der Waals surface area contributed by atoms with Crippen molar-refractivity contribution in [1.29, 1.82) is 0 Å². The number of carbonyl (C=O) groups is 2. The lowest BCUT2D eigenvalue weighted by Gasteiger charge is -2.18. The summed E-state index contributed by atoms with van der Waals surface area (Å²) < 4.78 is 5.60. The predicted molar refractivity (Wildman–Crippen MR) is 80.5 cm³/mol. The largest absolute Gasteiger partial charge is 0.377 e. The minimum atomic E-state index is -0.0114. The molecule has 1 fully saturated rings. The van der Waals surface area contributed by atoms with Crippen LogP contribution in [0.25, 0.3) is 0 Å². The first-order chi connectivity index (χ1) is 10.3. The van der Waals surface area contributed by atoms with E-state index >= 15 is 0 Å². The molecule has 2 rings (SSSR count). The average molecular weight is 289 g/mol. The van der Waals surface area contributed by atoms with E-state index in [-0.39, 0.29) is 11.8 Å². The third-order valence-electron chi connectivity index (χ3n) is 3.67. The minimum Gasteiger partial charge on any atom is -0.377 e. The van der Waals surface area contributed by atoms with Gasteiger partial charge in [-0.3, -0.25) is 14.5 Å². The standard InChI is InChI=1S/C17H23NO3/c19-16-10-4-5-11-17(20)18(16)12-6-7-13-21-14-15-8-2-1-3-9-15/h1-3,8-9H,4-7,10-14H2. The number of carbonyl (C=O) groups excluding carboxylic acids is 2. The van der Waals surface area contributed by atoms with E-state index < -0.39 is 0 Å². The summed E-state index contributed by atoms with van der Waals surface area (Å²) in [5.74, 6) is -0.0228. The molecule has 1 aliphatic heterocycles. The van der Waals surface area contributed by atoms with Crippen molar-refractivity contribution in [2.45, 2.75) is 45.1 Å². The molecular formula is C17H23NO3. The Labute approximate surface area is 126 Å².